The van der Waals surface area contributed by atoms with E-state index < -0.39 is 0 Å². The van der Waals surface area contributed by atoms with Crippen LogP contribution >= 0.6 is 0 Å². The molecule has 0 aromatic rings. The van der Waals surface area contributed by atoms with Gasteiger partial charge in [-0.15, -0.1) is 0 Å². The third-order valence-electron chi connectivity index (χ3n) is 3.42. The number of hydrogen-bond donors (Lipinski definition) is 1. The SMILES string of the molecule is NCCCCCCOCC1CC2C=CC1O2. The van der Waals surface area contributed by atoms with Crippen LogP contribution < -0.4 is 5.73 Å². The molecule has 3 heteroatoms. The van der Waals surface area contributed by atoms with Crippen molar-refractivity contribution >= 4 is 0 Å². The van der Waals surface area contributed by atoms with Crippen molar-refractivity contribution in [1.29, 1.82) is 0 Å². The number of hydrogen-bond acceptors (Lipinski definition) is 3. The second kappa shape index (κ2) is 6.38. The summed E-state index contributed by atoms with van der Waals surface area (Å²) < 4.78 is 11.4. The first-order valence-corrected chi connectivity index (χ1v) is 6.52. The summed E-state index contributed by atoms with van der Waals surface area (Å²) in [5.41, 5.74) is 5.44. The monoisotopic (exact) mass is 225 g/mol. The summed E-state index contributed by atoms with van der Waals surface area (Å²) in [4.78, 5) is 0. The summed E-state index contributed by atoms with van der Waals surface area (Å²) in [6.07, 6.45) is 11.0. The lowest BCUT2D eigenvalue weighted by Crippen LogP contribution is -2.19. The van der Waals surface area contributed by atoms with Gasteiger partial charge in [0.05, 0.1) is 18.8 Å². The van der Waals surface area contributed by atoms with Crippen LogP contribution in [0.3, 0.4) is 0 Å². The van der Waals surface area contributed by atoms with Crippen molar-refractivity contribution < 1.29 is 9.47 Å². The van der Waals surface area contributed by atoms with Gasteiger partial charge in [0.25, 0.3) is 0 Å². The van der Waals surface area contributed by atoms with Crippen molar-refractivity contribution in [3.63, 3.8) is 0 Å². The molecule has 0 amide bonds. The second-order valence-corrected chi connectivity index (χ2v) is 4.80. The Hall–Kier alpha value is -0.380. The summed E-state index contributed by atoms with van der Waals surface area (Å²) in [7, 11) is 0. The average molecular weight is 225 g/mol. The van der Waals surface area contributed by atoms with Gasteiger partial charge in [-0.25, -0.2) is 0 Å². The molecule has 2 aliphatic rings. The predicted octanol–water partition coefficient (Wildman–Crippen LogP) is 1.87. The Labute approximate surface area is 98.0 Å². The van der Waals surface area contributed by atoms with Gasteiger partial charge in [0.2, 0.25) is 0 Å². The van der Waals surface area contributed by atoms with Gasteiger partial charge in [-0.2, -0.15) is 0 Å². The number of fused-ring (bicyclic) bond motifs is 2. The molecule has 0 aliphatic carbocycles. The zero-order valence-corrected chi connectivity index (χ0v) is 9.94. The van der Waals surface area contributed by atoms with Gasteiger partial charge in [-0.05, 0) is 25.8 Å². The largest absolute Gasteiger partial charge is 0.381 e. The van der Waals surface area contributed by atoms with Gasteiger partial charge in [0, 0.05) is 12.5 Å². The van der Waals surface area contributed by atoms with Crippen molar-refractivity contribution in [2.45, 2.75) is 44.3 Å². The smallest absolute Gasteiger partial charge is 0.0816 e. The van der Waals surface area contributed by atoms with Gasteiger partial charge >= 0.3 is 0 Å². The van der Waals surface area contributed by atoms with E-state index in [0.29, 0.717) is 18.1 Å². The molecule has 2 rings (SSSR count). The summed E-state index contributed by atoms with van der Waals surface area (Å²) >= 11 is 0. The lowest BCUT2D eigenvalue weighted by atomic mass is 9.95. The molecule has 2 aliphatic heterocycles. The van der Waals surface area contributed by atoms with Crippen LogP contribution in [0.1, 0.15) is 32.1 Å². The highest BCUT2D eigenvalue weighted by Gasteiger charge is 2.36. The maximum absolute atomic E-state index is 5.71. The van der Waals surface area contributed by atoms with E-state index in [2.05, 4.69) is 12.2 Å². The molecule has 0 radical (unpaired) electrons. The first-order valence-electron chi connectivity index (χ1n) is 6.52. The fourth-order valence-corrected chi connectivity index (χ4v) is 2.46. The number of rotatable bonds is 8. The highest BCUT2D eigenvalue weighted by molar-refractivity contribution is 5.10. The molecule has 16 heavy (non-hydrogen) atoms. The molecule has 2 N–H and O–H groups in total. The average Bonchev–Trinajstić information content (AvgIpc) is 2.90. The third kappa shape index (κ3) is 3.30. The van der Waals surface area contributed by atoms with Crippen molar-refractivity contribution in [2.24, 2.45) is 11.7 Å². The van der Waals surface area contributed by atoms with Crippen LogP contribution in [0.4, 0.5) is 0 Å². The van der Waals surface area contributed by atoms with E-state index in [1.54, 1.807) is 0 Å². The molecule has 1 saturated heterocycles. The molecule has 1 fully saturated rings. The fraction of sp³-hybridized carbons (Fsp3) is 0.846. The second-order valence-electron chi connectivity index (χ2n) is 4.80. The molecule has 2 heterocycles. The van der Waals surface area contributed by atoms with Gasteiger partial charge in [-0.3, -0.25) is 0 Å². The third-order valence-corrected chi connectivity index (χ3v) is 3.42. The number of unbranched alkanes of at least 4 members (excludes halogenated alkanes) is 3. The fourth-order valence-electron chi connectivity index (χ4n) is 2.46. The normalized spacial score (nSPS) is 31.4. The Morgan fingerprint density at radius 1 is 1.19 bits per heavy atom. The van der Waals surface area contributed by atoms with E-state index in [9.17, 15) is 0 Å². The van der Waals surface area contributed by atoms with E-state index in [0.717, 1.165) is 39.0 Å². The molecule has 0 aromatic heterocycles. The standard InChI is InChI=1S/C13H23NO2/c14-7-3-1-2-4-8-15-10-11-9-12-5-6-13(11)16-12/h5-6,11-13H,1-4,7-10,14H2. The van der Waals surface area contributed by atoms with E-state index in [1.807, 2.05) is 0 Å². The first-order chi connectivity index (χ1) is 7.90. The van der Waals surface area contributed by atoms with Gasteiger partial charge < -0.3 is 15.2 Å². The van der Waals surface area contributed by atoms with Gasteiger partial charge in [-0.1, -0.05) is 25.0 Å². The minimum Gasteiger partial charge on any atom is -0.381 e. The molecule has 3 atom stereocenters. The Bertz CT molecular complexity index is 230. The van der Waals surface area contributed by atoms with Gasteiger partial charge in [0.1, 0.15) is 0 Å². The molecular formula is C13H23NO2. The van der Waals surface area contributed by atoms with Crippen LogP contribution in [-0.4, -0.2) is 32.0 Å². The molecule has 3 unspecified atom stereocenters. The van der Waals surface area contributed by atoms with Crippen molar-refractivity contribution in [3.05, 3.63) is 12.2 Å². The topological polar surface area (TPSA) is 44.5 Å². The van der Waals surface area contributed by atoms with Crippen LogP contribution in [0, 0.1) is 5.92 Å². The van der Waals surface area contributed by atoms with Crippen LogP contribution in [-0.2, 0) is 9.47 Å². The molecular weight excluding hydrogens is 202 g/mol. The first kappa shape index (κ1) is 12.1. The summed E-state index contributed by atoms with van der Waals surface area (Å²) in [6.45, 7) is 2.57. The van der Waals surface area contributed by atoms with Crippen LogP contribution in [0.15, 0.2) is 12.2 Å². The maximum Gasteiger partial charge on any atom is 0.0816 e. The Kier molecular flexibility index (Phi) is 4.82. The molecule has 2 bridgehead atoms. The Morgan fingerprint density at radius 3 is 2.75 bits per heavy atom. The van der Waals surface area contributed by atoms with Crippen LogP contribution in [0.2, 0.25) is 0 Å². The minimum atomic E-state index is 0.335. The van der Waals surface area contributed by atoms with Crippen LogP contribution in [0.5, 0.6) is 0 Å². The van der Waals surface area contributed by atoms with Crippen LogP contribution in [0.25, 0.3) is 0 Å². The van der Waals surface area contributed by atoms with Crippen molar-refractivity contribution in [3.8, 4) is 0 Å². The Morgan fingerprint density at radius 2 is 2.06 bits per heavy atom. The van der Waals surface area contributed by atoms with E-state index in [4.69, 9.17) is 15.2 Å². The molecule has 0 spiro atoms. The minimum absolute atomic E-state index is 0.335. The predicted molar refractivity (Wildman–Crippen MR) is 64.2 cm³/mol. The number of nitrogens with two attached hydrogens (primary N) is 1. The number of ether oxygens (including phenoxy) is 2. The summed E-state index contributed by atoms with van der Waals surface area (Å²) in [6, 6.07) is 0. The van der Waals surface area contributed by atoms with E-state index >= 15 is 0 Å². The van der Waals surface area contributed by atoms with E-state index in [-0.39, 0.29) is 0 Å². The van der Waals surface area contributed by atoms with E-state index in [1.165, 1.54) is 12.8 Å². The lowest BCUT2D eigenvalue weighted by molar-refractivity contribution is 0.0612. The Balaban J connectivity index is 1.45. The highest BCUT2D eigenvalue weighted by atomic mass is 16.5. The summed E-state index contributed by atoms with van der Waals surface area (Å²) in [5.74, 6) is 0.596. The molecule has 0 saturated carbocycles. The maximum atomic E-state index is 5.71. The van der Waals surface area contributed by atoms with Gasteiger partial charge in [0.15, 0.2) is 0 Å². The molecule has 0 aromatic carbocycles. The molecule has 92 valence electrons. The molecule has 3 nitrogen and oxygen atoms in total. The van der Waals surface area contributed by atoms with Crippen molar-refractivity contribution in [1.82, 2.24) is 0 Å². The lowest BCUT2D eigenvalue weighted by Gasteiger charge is -2.15. The van der Waals surface area contributed by atoms with Crippen molar-refractivity contribution in [2.75, 3.05) is 19.8 Å². The zero-order chi connectivity index (χ0) is 11.2. The quantitative estimate of drug-likeness (QED) is 0.506. The zero-order valence-electron chi connectivity index (χ0n) is 9.94. The summed E-state index contributed by atoms with van der Waals surface area (Å²) in [5, 5.41) is 0. The highest BCUT2D eigenvalue weighted by Crippen LogP contribution is 2.33.